The van der Waals surface area contributed by atoms with E-state index >= 15 is 0 Å². The number of pyridine rings is 1. The first-order valence-electron chi connectivity index (χ1n) is 2.86. The number of nitrogens with zero attached hydrogens (tertiary/aromatic N) is 3. The Morgan fingerprint density at radius 3 is 2.83 bits per heavy atom. The minimum atomic E-state index is -0.728. The quantitative estimate of drug-likeness (QED) is 0.376. The van der Waals surface area contributed by atoms with E-state index in [0.29, 0.717) is 0 Å². The second kappa shape index (κ2) is 3.15. The van der Waals surface area contributed by atoms with Crippen molar-refractivity contribution in [1.29, 1.82) is 5.26 Å². The minimum absolute atomic E-state index is 0.0833. The Bertz CT molecular complexity index is 372. The lowest BCUT2D eigenvalue weighted by Gasteiger charge is -1.94. The Morgan fingerprint density at radius 1 is 1.75 bits per heavy atom. The maximum atomic E-state index is 10.3. The van der Waals surface area contributed by atoms with Crippen LogP contribution in [-0.4, -0.2) is 9.91 Å². The lowest BCUT2D eigenvalue weighted by Crippen LogP contribution is -1.94. The van der Waals surface area contributed by atoms with E-state index in [0.717, 1.165) is 0 Å². The van der Waals surface area contributed by atoms with Gasteiger partial charge in [0.05, 0.1) is 4.92 Å². The summed E-state index contributed by atoms with van der Waals surface area (Å²) in [6, 6.07) is 2.89. The second-order valence-corrected chi connectivity index (χ2v) is 2.22. The van der Waals surface area contributed by atoms with Crippen LogP contribution in [0, 0.1) is 21.4 Å². The van der Waals surface area contributed by atoms with Gasteiger partial charge >= 0.3 is 5.69 Å². The van der Waals surface area contributed by atoms with E-state index in [1.807, 2.05) is 0 Å². The van der Waals surface area contributed by atoms with Gasteiger partial charge in [0, 0.05) is 6.20 Å². The van der Waals surface area contributed by atoms with Gasteiger partial charge in [-0.05, 0) is 6.07 Å². The Kier molecular flexibility index (Phi) is 2.21. The molecule has 5 nitrogen and oxygen atoms in total. The molecule has 12 heavy (non-hydrogen) atoms. The van der Waals surface area contributed by atoms with Crippen molar-refractivity contribution in [3.63, 3.8) is 0 Å². The number of halogens is 1. The van der Waals surface area contributed by atoms with Crippen LogP contribution in [0.1, 0.15) is 5.56 Å². The topological polar surface area (TPSA) is 79.8 Å². The van der Waals surface area contributed by atoms with E-state index in [2.05, 4.69) is 4.98 Å². The molecule has 0 aliphatic carbocycles. The van der Waals surface area contributed by atoms with Crippen LogP contribution in [-0.2, 0) is 0 Å². The molecule has 1 heterocycles. The molecule has 0 bridgehead atoms. The zero-order valence-corrected chi connectivity index (χ0v) is 6.45. The van der Waals surface area contributed by atoms with Gasteiger partial charge in [-0.25, -0.2) is 4.98 Å². The number of hydrogen-bond donors (Lipinski definition) is 0. The average molecular weight is 184 g/mol. The van der Waals surface area contributed by atoms with Gasteiger partial charge in [-0.15, -0.1) is 0 Å². The largest absolute Gasteiger partial charge is 0.324 e. The van der Waals surface area contributed by atoms with E-state index in [1.165, 1.54) is 12.3 Å². The molecule has 0 spiro atoms. The molecule has 60 valence electrons. The van der Waals surface area contributed by atoms with Gasteiger partial charge in [-0.3, -0.25) is 10.1 Å². The van der Waals surface area contributed by atoms with E-state index in [9.17, 15) is 10.1 Å². The first kappa shape index (κ1) is 8.43. The van der Waals surface area contributed by atoms with Crippen molar-refractivity contribution < 1.29 is 4.92 Å². The summed E-state index contributed by atoms with van der Waals surface area (Å²) in [5.74, 6) is 0. The van der Waals surface area contributed by atoms with Crippen molar-refractivity contribution in [2.45, 2.75) is 0 Å². The molecule has 1 aromatic heterocycles. The summed E-state index contributed by atoms with van der Waals surface area (Å²) >= 11 is 5.40. The SMILES string of the molecule is N#Cc1ccnc(Cl)c1[N+](=O)[O-]. The molecule has 0 aliphatic heterocycles. The minimum Gasteiger partial charge on any atom is -0.258 e. The smallest absolute Gasteiger partial charge is 0.258 e. The number of nitriles is 1. The maximum Gasteiger partial charge on any atom is 0.324 e. The first-order chi connectivity index (χ1) is 5.66. The Labute approximate surface area is 72.4 Å². The van der Waals surface area contributed by atoms with Crippen LogP contribution < -0.4 is 0 Å². The van der Waals surface area contributed by atoms with Crippen LogP contribution in [0.25, 0.3) is 0 Å². The fourth-order valence-corrected chi connectivity index (χ4v) is 0.919. The molecule has 6 heteroatoms. The van der Waals surface area contributed by atoms with Gasteiger partial charge in [-0.1, -0.05) is 11.6 Å². The molecule has 0 aromatic carbocycles. The zero-order chi connectivity index (χ0) is 9.14. The van der Waals surface area contributed by atoms with Crippen LogP contribution in [0.5, 0.6) is 0 Å². The number of hydrogen-bond acceptors (Lipinski definition) is 4. The summed E-state index contributed by atoms with van der Waals surface area (Å²) in [7, 11) is 0. The molecule has 0 fully saturated rings. The van der Waals surface area contributed by atoms with Crippen LogP contribution in [0.4, 0.5) is 5.69 Å². The summed E-state index contributed by atoms with van der Waals surface area (Å²) in [5.41, 5.74) is -0.526. The lowest BCUT2D eigenvalue weighted by molar-refractivity contribution is -0.385. The predicted molar refractivity (Wildman–Crippen MR) is 40.6 cm³/mol. The van der Waals surface area contributed by atoms with E-state index in [4.69, 9.17) is 16.9 Å². The third-order valence-corrected chi connectivity index (χ3v) is 1.46. The highest BCUT2D eigenvalue weighted by Crippen LogP contribution is 2.24. The normalized spacial score (nSPS) is 9.00. The van der Waals surface area contributed by atoms with Gasteiger partial charge in [0.25, 0.3) is 0 Å². The van der Waals surface area contributed by atoms with E-state index < -0.39 is 10.6 Å². The van der Waals surface area contributed by atoms with E-state index in [1.54, 1.807) is 6.07 Å². The predicted octanol–water partition coefficient (Wildman–Crippen LogP) is 1.51. The van der Waals surface area contributed by atoms with Gasteiger partial charge in [0.15, 0.2) is 0 Å². The van der Waals surface area contributed by atoms with Crippen molar-refractivity contribution in [3.8, 4) is 6.07 Å². The van der Waals surface area contributed by atoms with Crippen LogP contribution in [0.15, 0.2) is 12.3 Å². The molecule has 0 N–H and O–H groups in total. The molecule has 0 atom stereocenters. The van der Waals surface area contributed by atoms with Crippen molar-refractivity contribution in [2.24, 2.45) is 0 Å². The molecule has 0 unspecified atom stereocenters. The van der Waals surface area contributed by atoms with Crippen molar-refractivity contribution >= 4 is 17.3 Å². The molecule has 0 amide bonds. The van der Waals surface area contributed by atoms with Crippen LogP contribution >= 0.6 is 11.6 Å². The fraction of sp³-hybridized carbons (Fsp3) is 0. The number of rotatable bonds is 1. The molecule has 0 saturated heterocycles. The summed E-state index contributed by atoms with van der Waals surface area (Å²) in [6.45, 7) is 0. The monoisotopic (exact) mass is 183 g/mol. The highest BCUT2D eigenvalue weighted by Gasteiger charge is 2.18. The second-order valence-electron chi connectivity index (χ2n) is 1.87. The van der Waals surface area contributed by atoms with Gasteiger partial charge in [-0.2, -0.15) is 5.26 Å². The summed E-state index contributed by atoms with van der Waals surface area (Å²) in [4.78, 5) is 13.1. The number of nitro groups is 1. The van der Waals surface area contributed by atoms with Gasteiger partial charge < -0.3 is 0 Å². The highest BCUT2D eigenvalue weighted by atomic mass is 35.5. The van der Waals surface area contributed by atoms with Crippen molar-refractivity contribution in [3.05, 3.63) is 33.1 Å². The maximum absolute atomic E-state index is 10.3. The summed E-state index contributed by atoms with van der Waals surface area (Å²) in [6.07, 6.45) is 1.24. The molecule has 1 aromatic rings. The highest BCUT2D eigenvalue weighted by molar-refractivity contribution is 6.31. The fourth-order valence-electron chi connectivity index (χ4n) is 0.692. The summed E-state index contributed by atoms with van der Waals surface area (Å²) < 4.78 is 0. The average Bonchev–Trinajstić information content (AvgIpc) is 2.03. The molecule has 1 rings (SSSR count). The third kappa shape index (κ3) is 1.33. The Hall–Kier alpha value is -1.67. The van der Waals surface area contributed by atoms with Gasteiger partial charge in [0.2, 0.25) is 5.15 Å². The first-order valence-corrected chi connectivity index (χ1v) is 3.23. The molecule has 0 radical (unpaired) electrons. The van der Waals surface area contributed by atoms with Crippen molar-refractivity contribution in [2.75, 3.05) is 0 Å². The lowest BCUT2D eigenvalue weighted by atomic mass is 10.2. The molecule has 0 saturated carbocycles. The molecular formula is C6H2ClN3O2. The van der Waals surface area contributed by atoms with Crippen LogP contribution in [0.3, 0.4) is 0 Å². The molecular weight excluding hydrogens is 182 g/mol. The Balaban J connectivity index is 3.42. The third-order valence-electron chi connectivity index (χ3n) is 1.18. The number of aromatic nitrogens is 1. The summed E-state index contributed by atoms with van der Waals surface area (Å²) in [5, 5.41) is 18.5. The standard InChI is InChI=1S/C6H2ClN3O2/c7-6-5(10(11)12)4(3-8)1-2-9-6/h1-2H. The van der Waals surface area contributed by atoms with Gasteiger partial charge in [0.1, 0.15) is 11.6 Å². The molecule has 0 aliphatic rings. The zero-order valence-electron chi connectivity index (χ0n) is 5.69. The van der Waals surface area contributed by atoms with Crippen LogP contribution in [0.2, 0.25) is 5.15 Å². The van der Waals surface area contributed by atoms with Crippen molar-refractivity contribution in [1.82, 2.24) is 4.98 Å². The Morgan fingerprint density at radius 2 is 2.42 bits per heavy atom. The van der Waals surface area contributed by atoms with E-state index in [-0.39, 0.29) is 10.7 Å².